The average molecular weight is 564 g/mol. The van der Waals surface area contributed by atoms with Gasteiger partial charge in [0, 0.05) is 18.7 Å². The van der Waals surface area contributed by atoms with Crippen molar-refractivity contribution in [2.75, 3.05) is 33.0 Å². The number of unbranched alkanes of at least 4 members (excludes halogenated alkanes) is 3. The minimum absolute atomic E-state index is 0.127. The molecule has 0 fully saturated rings. The molecule has 228 valence electrons. The monoisotopic (exact) mass is 563 g/mol. The van der Waals surface area contributed by atoms with E-state index in [0.717, 1.165) is 37.9 Å². The summed E-state index contributed by atoms with van der Waals surface area (Å²) in [4.78, 5) is 24.1. The lowest BCUT2D eigenvalue weighted by atomic mass is 9.73. The second-order valence-corrected chi connectivity index (χ2v) is 12.1. The van der Waals surface area contributed by atoms with Crippen LogP contribution in [-0.2, 0) is 19.0 Å². The number of benzene rings is 1. The van der Waals surface area contributed by atoms with Gasteiger partial charge in [-0.2, -0.15) is 0 Å². The molecule has 0 aliphatic rings. The van der Waals surface area contributed by atoms with Gasteiger partial charge in [-0.15, -0.1) is 0 Å². The Kier molecular flexibility index (Phi) is 15.3. The Balaban J connectivity index is 2.71. The van der Waals surface area contributed by atoms with Crippen LogP contribution in [0, 0.1) is 11.3 Å². The molecular weight excluding hydrogens is 510 g/mol. The first-order valence-electron chi connectivity index (χ1n) is 14.4. The summed E-state index contributed by atoms with van der Waals surface area (Å²) in [5.74, 6) is 0.117. The second kappa shape index (κ2) is 17.3. The van der Waals surface area contributed by atoms with E-state index in [1.807, 2.05) is 44.2 Å². The molecule has 1 unspecified atom stereocenters. The molecule has 1 aromatic rings. The predicted octanol–water partition coefficient (Wildman–Crippen LogP) is 6.46. The lowest BCUT2D eigenvalue weighted by Gasteiger charge is -2.44. The number of nitrogens with one attached hydrogen (secondary N) is 1. The Morgan fingerprint density at radius 3 is 2.25 bits per heavy atom. The molecule has 0 bridgehead atoms. The van der Waals surface area contributed by atoms with Crippen molar-refractivity contribution in [3.63, 3.8) is 0 Å². The third-order valence-corrected chi connectivity index (χ3v) is 7.69. The second-order valence-electron chi connectivity index (χ2n) is 12.1. The van der Waals surface area contributed by atoms with Crippen molar-refractivity contribution in [1.29, 1.82) is 0 Å². The number of ether oxygens (including phenoxy) is 4. The van der Waals surface area contributed by atoms with Crippen molar-refractivity contribution in [2.24, 2.45) is 11.3 Å². The maximum atomic E-state index is 12.7. The van der Waals surface area contributed by atoms with Crippen LogP contribution in [0.25, 0.3) is 0 Å². The zero-order chi connectivity index (χ0) is 30.2. The summed E-state index contributed by atoms with van der Waals surface area (Å²) in [5, 5.41) is 12.0. The molecule has 1 amide bonds. The zero-order valence-corrected chi connectivity index (χ0v) is 25.8. The lowest BCUT2D eigenvalue weighted by Crippen LogP contribution is -2.48. The Bertz CT molecular complexity index is 896. The molecule has 0 heterocycles. The Hall–Kier alpha value is -2.58. The van der Waals surface area contributed by atoms with Crippen molar-refractivity contribution in [1.82, 2.24) is 5.32 Å². The molecule has 0 saturated carbocycles. The van der Waals surface area contributed by atoms with E-state index in [9.17, 15) is 14.7 Å². The molecule has 0 radical (unpaired) electrons. The van der Waals surface area contributed by atoms with Gasteiger partial charge in [-0.3, -0.25) is 0 Å². The SMILES string of the molecule is C=C(C)C(=O)OCCCCCNC(=O)OC(C)(C)C(COc1ccccc1)COC(C)(C)C(C)(C)CCCCO. The lowest BCUT2D eigenvalue weighted by molar-refractivity contribution is -0.139. The van der Waals surface area contributed by atoms with Gasteiger partial charge in [0.15, 0.2) is 0 Å². The van der Waals surface area contributed by atoms with Gasteiger partial charge in [0.1, 0.15) is 11.4 Å². The Morgan fingerprint density at radius 2 is 1.62 bits per heavy atom. The van der Waals surface area contributed by atoms with Crippen molar-refractivity contribution in [2.45, 2.75) is 98.2 Å². The van der Waals surface area contributed by atoms with Gasteiger partial charge >= 0.3 is 12.1 Å². The summed E-state index contributed by atoms with van der Waals surface area (Å²) < 4.78 is 23.6. The minimum Gasteiger partial charge on any atom is -0.493 e. The van der Waals surface area contributed by atoms with E-state index in [2.05, 4.69) is 39.6 Å². The van der Waals surface area contributed by atoms with Crippen LogP contribution in [0.3, 0.4) is 0 Å². The van der Waals surface area contributed by atoms with Crippen LogP contribution < -0.4 is 10.1 Å². The number of rotatable bonds is 20. The van der Waals surface area contributed by atoms with Crippen LogP contribution >= 0.6 is 0 Å². The quantitative estimate of drug-likeness (QED) is 0.107. The van der Waals surface area contributed by atoms with E-state index in [1.165, 1.54) is 0 Å². The molecule has 1 atom stereocenters. The molecule has 8 nitrogen and oxygen atoms in total. The summed E-state index contributed by atoms with van der Waals surface area (Å²) in [6.07, 6.45) is 4.37. The van der Waals surface area contributed by atoms with Crippen LogP contribution in [0.4, 0.5) is 4.79 Å². The predicted molar refractivity (Wildman–Crippen MR) is 158 cm³/mol. The third-order valence-electron chi connectivity index (χ3n) is 7.69. The molecule has 0 saturated heterocycles. The zero-order valence-electron chi connectivity index (χ0n) is 25.8. The van der Waals surface area contributed by atoms with Crippen molar-refractivity contribution in [3.8, 4) is 5.75 Å². The maximum Gasteiger partial charge on any atom is 0.407 e. The normalized spacial score (nSPS) is 12.9. The number of para-hydroxylation sites is 1. The van der Waals surface area contributed by atoms with E-state index < -0.39 is 17.3 Å². The first kappa shape index (κ1) is 35.4. The van der Waals surface area contributed by atoms with Crippen molar-refractivity contribution in [3.05, 3.63) is 42.5 Å². The fourth-order valence-electron chi connectivity index (χ4n) is 3.89. The van der Waals surface area contributed by atoms with Gasteiger partial charge in [-0.05, 0) is 84.3 Å². The molecule has 0 spiro atoms. The van der Waals surface area contributed by atoms with Gasteiger partial charge in [0.2, 0.25) is 0 Å². The molecule has 8 heteroatoms. The van der Waals surface area contributed by atoms with E-state index in [0.29, 0.717) is 38.4 Å². The van der Waals surface area contributed by atoms with E-state index in [4.69, 9.17) is 18.9 Å². The number of carbonyl (C=O) groups excluding carboxylic acids is 2. The molecule has 40 heavy (non-hydrogen) atoms. The first-order chi connectivity index (χ1) is 18.7. The van der Waals surface area contributed by atoms with Crippen LogP contribution in [0.2, 0.25) is 0 Å². The fourth-order valence-corrected chi connectivity index (χ4v) is 3.89. The number of aliphatic hydroxyl groups excluding tert-OH is 1. The number of aliphatic hydroxyl groups is 1. The smallest absolute Gasteiger partial charge is 0.407 e. The molecule has 0 aliphatic heterocycles. The van der Waals surface area contributed by atoms with Crippen LogP contribution in [0.15, 0.2) is 42.5 Å². The highest BCUT2D eigenvalue weighted by Gasteiger charge is 2.41. The standard InChI is InChI=1S/C32H53NO7/c1-25(2)28(35)37-22-16-10-14-20-33-29(36)40-31(5,6)26(23-38-27-17-11-9-12-18-27)24-39-32(7,8)30(3,4)19-13-15-21-34/h9,11-12,17-18,26,34H,1,10,13-16,19-24H2,2-8H3,(H,33,36). The van der Waals surface area contributed by atoms with Crippen LogP contribution in [0.1, 0.15) is 87.0 Å². The number of carbonyl (C=O) groups is 2. The fraction of sp³-hybridized carbons (Fsp3) is 0.688. The average Bonchev–Trinajstić information content (AvgIpc) is 2.87. The topological polar surface area (TPSA) is 103 Å². The molecule has 2 N–H and O–H groups in total. The summed E-state index contributed by atoms with van der Waals surface area (Å²) in [7, 11) is 0. The van der Waals surface area contributed by atoms with Gasteiger partial charge in [0.05, 0.1) is 31.3 Å². The number of hydrogen-bond acceptors (Lipinski definition) is 7. The summed E-state index contributed by atoms with van der Waals surface area (Å²) in [5.41, 5.74) is -1.06. The largest absolute Gasteiger partial charge is 0.493 e. The highest BCUT2D eigenvalue weighted by atomic mass is 16.6. The molecule has 0 aromatic heterocycles. The van der Waals surface area contributed by atoms with Crippen molar-refractivity contribution >= 4 is 12.1 Å². The highest BCUT2D eigenvalue weighted by Crippen LogP contribution is 2.39. The third kappa shape index (κ3) is 13.2. The molecule has 1 aromatic carbocycles. The Morgan fingerprint density at radius 1 is 0.950 bits per heavy atom. The van der Waals surface area contributed by atoms with E-state index in [1.54, 1.807) is 6.92 Å². The highest BCUT2D eigenvalue weighted by molar-refractivity contribution is 5.86. The van der Waals surface area contributed by atoms with E-state index >= 15 is 0 Å². The van der Waals surface area contributed by atoms with Gasteiger partial charge in [0.25, 0.3) is 0 Å². The first-order valence-corrected chi connectivity index (χ1v) is 14.4. The summed E-state index contributed by atoms with van der Waals surface area (Å²) in [6.45, 7) is 19.1. The molecule has 1 rings (SSSR count). The van der Waals surface area contributed by atoms with Gasteiger partial charge in [-0.25, -0.2) is 9.59 Å². The number of alkyl carbamates (subject to hydrolysis) is 1. The van der Waals surface area contributed by atoms with E-state index in [-0.39, 0.29) is 23.9 Å². The minimum atomic E-state index is -0.868. The van der Waals surface area contributed by atoms with Crippen molar-refractivity contribution < 1.29 is 33.6 Å². The van der Waals surface area contributed by atoms with Gasteiger partial charge < -0.3 is 29.4 Å². The Labute approximate surface area is 241 Å². The number of amides is 1. The number of esters is 1. The van der Waals surface area contributed by atoms with Crippen LogP contribution in [-0.4, -0.2) is 61.3 Å². The summed E-state index contributed by atoms with van der Waals surface area (Å²) in [6, 6.07) is 9.55. The number of hydrogen-bond donors (Lipinski definition) is 2. The van der Waals surface area contributed by atoms with Crippen LogP contribution in [0.5, 0.6) is 5.75 Å². The maximum absolute atomic E-state index is 12.7. The summed E-state index contributed by atoms with van der Waals surface area (Å²) >= 11 is 0. The van der Waals surface area contributed by atoms with Gasteiger partial charge in [-0.1, -0.05) is 45.0 Å². The molecular formula is C32H53NO7. The molecule has 0 aliphatic carbocycles.